The van der Waals surface area contributed by atoms with Gasteiger partial charge in [-0.2, -0.15) is 0 Å². The number of hydrogen-bond acceptors (Lipinski definition) is 4. The van der Waals surface area contributed by atoms with Gasteiger partial charge in [0, 0.05) is 13.1 Å². The quantitative estimate of drug-likeness (QED) is 0.809. The van der Waals surface area contributed by atoms with Crippen LogP contribution in [0.5, 0.6) is 17.2 Å². The Bertz CT molecular complexity index is 402. The topological polar surface area (TPSA) is 48.0 Å². The van der Waals surface area contributed by atoms with E-state index in [1.54, 1.807) is 23.1 Å². The lowest BCUT2D eigenvalue weighted by atomic mass is 10.3. The molecule has 0 aliphatic carbocycles. The Morgan fingerprint density at radius 3 is 2.22 bits per heavy atom. The molecule has 5 heteroatoms. The molecule has 100 valence electrons. The van der Waals surface area contributed by atoms with Crippen molar-refractivity contribution in [3.8, 4) is 17.2 Å². The highest BCUT2D eigenvalue weighted by Crippen LogP contribution is 2.36. The van der Waals surface area contributed by atoms with Crippen LogP contribution in [-0.2, 0) is 0 Å². The molecule has 0 aliphatic rings. The molecule has 1 aromatic rings. The van der Waals surface area contributed by atoms with Crippen molar-refractivity contribution in [2.24, 2.45) is 0 Å². The third-order valence-electron chi connectivity index (χ3n) is 2.59. The summed E-state index contributed by atoms with van der Waals surface area (Å²) in [5.74, 6) is 1.30. The lowest BCUT2D eigenvalue weighted by Gasteiger charge is -2.19. The summed E-state index contributed by atoms with van der Waals surface area (Å²) in [6, 6.07) is 5.16. The van der Waals surface area contributed by atoms with E-state index in [4.69, 9.17) is 14.2 Å². The van der Waals surface area contributed by atoms with Crippen LogP contribution in [0, 0.1) is 0 Å². The van der Waals surface area contributed by atoms with Crippen molar-refractivity contribution in [3.63, 3.8) is 0 Å². The zero-order valence-electron chi connectivity index (χ0n) is 11.2. The summed E-state index contributed by atoms with van der Waals surface area (Å²) in [5.41, 5.74) is 0. The maximum atomic E-state index is 11.8. The molecule has 0 bridgehead atoms. The first-order valence-electron chi connectivity index (χ1n) is 5.85. The third kappa shape index (κ3) is 3.06. The van der Waals surface area contributed by atoms with Crippen molar-refractivity contribution in [2.75, 3.05) is 27.3 Å². The highest BCUT2D eigenvalue weighted by atomic mass is 16.6. The molecule has 1 rings (SSSR count). The average molecular weight is 253 g/mol. The Balaban J connectivity index is 2.93. The Labute approximate surface area is 107 Å². The number of hydrogen-bond donors (Lipinski definition) is 0. The second kappa shape index (κ2) is 6.74. The number of carbonyl (C=O) groups excluding carboxylic acids is 1. The van der Waals surface area contributed by atoms with Crippen LogP contribution >= 0.6 is 0 Å². The summed E-state index contributed by atoms with van der Waals surface area (Å²) in [6.45, 7) is 4.99. The van der Waals surface area contributed by atoms with Gasteiger partial charge in [0.05, 0.1) is 14.2 Å². The molecular formula is C13H19NO4. The van der Waals surface area contributed by atoms with Crippen LogP contribution in [0.3, 0.4) is 0 Å². The second-order valence-electron chi connectivity index (χ2n) is 3.53. The van der Waals surface area contributed by atoms with E-state index in [2.05, 4.69) is 0 Å². The molecule has 0 heterocycles. The van der Waals surface area contributed by atoms with Gasteiger partial charge in [0.25, 0.3) is 0 Å². The first-order valence-corrected chi connectivity index (χ1v) is 5.85. The van der Waals surface area contributed by atoms with E-state index >= 15 is 0 Å². The molecule has 0 spiro atoms. The summed E-state index contributed by atoms with van der Waals surface area (Å²) < 4.78 is 15.6. The largest absolute Gasteiger partial charge is 0.493 e. The SMILES string of the molecule is CCN(CC)C(=O)Oc1cccc(OC)c1OC. The molecule has 0 atom stereocenters. The Morgan fingerprint density at radius 2 is 1.72 bits per heavy atom. The van der Waals surface area contributed by atoms with Crippen molar-refractivity contribution in [1.29, 1.82) is 0 Å². The fourth-order valence-corrected chi connectivity index (χ4v) is 1.58. The van der Waals surface area contributed by atoms with E-state index in [1.165, 1.54) is 14.2 Å². The van der Waals surface area contributed by atoms with Gasteiger partial charge >= 0.3 is 6.09 Å². The Hall–Kier alpha value is -1.91. The van der Waals surface area contributed by atoms with Gasteiger partial charge in [0.1, 0.15) is 0 Å². The fraction of sp³-hybridized carbons (Fsp3) is 0.462. The number of methoxy groups -OCH3 is 2. The number of carbonyl (C=O) groups is 1. The second-order valence-corrected chi connectivity index (χ2v) is 3.53. The van der Waals surface area contributed by atoms with Gasteiger partial charge in [0.15, 0.2) is 11.5 Å². The molecule has 0 aliphatic heterocycles. The normalized spacial score (nSPS) is 9.78. The van der Waals surface area contributed by atoms with Crippen LogP contribution in [0.25, 0.3) is 0 Å². The molecule has 18 heavy (non-hydrogen) atoms. The summed E-state index contributed by atoms with van der Waals surface area (Å²) in [4.78, 5) is 13.4. The van der Waals surface area contributed by atoms with Gasteiger partial charge in [-0.1, -0.05) is 6.07 Å². The third-order valence-corrected chi connectivity index (χ3v) is 2.59. The maximum Gasteiger partial charge on any atom is 0.415 e. The maximum absolute atomic E-state index is 11.8. The fourth-order valence-electron chi connectivity index (χ4n) is 1.58. The molecule has 1 aromatic carbocycles. The molecule has 0 saturated heterocycles. The van der Waals surface area contributed by atoms with E-state index in [0.29, 0.717) is 30.3 Å². The minimum Gasteiger partial charge on any atom is -0.493 e. The zero-order valence-corrected chi connectivity index (χ0v) is 11.2. The molecule has 0 unspecified atom stereocenters. The predicted molar refractivity (Wildman–Crippen MR) is 68.5 cm³/mol. The van der Waals surface area contributed by atoms with Crippen LogP contribution in [-0.4, -0.2) is 38.3 Å². The van der Waals surface area contributed by atoms with Crippen LogP contribution in [0.15, 0.2) is 18.2 Å². The van der Waals surface area contributed by atoms with Gasteiger partial charge in [-0.25, -0.2) is 4.79 Å². The molecule has 5 nitrogen and oxygen atoms in total. The van der Waals surface area contributed by atoms with Crippen molar-refractivity contribution in [2.45, 2.75) is 13.8 Å². The Morgan fingerprint density at radius 1 is 1.11 bits per heavy atom. The average Bonchev–Trinajstić information content (AvgIpc) is 2.39. The van der Waals surface area contributed by atoms with E-state index in [0.717, 1.165) is 0 Å². The van der Waals surface area contributed by atoms with Crippen LogP contribution < -0.4 is 14.2 Å². The molecular weight excluding hydrogens is 234 g/mol. The van der Waals surface area contributed by atoms with Crippen molar-refractivity contribution in [3.05, 3.63) is 18.2 Å². The van der Waals surface area contributed by atoms with Gasteiger partial charge in [-0.05, 0) is 26.0 Å². The van der Waals surface area contributed by atoms with E-state index < -0.39 is 6.09 Å². The first kappa shape index (κ1) is 14.2. The van der Waals surface area contributed by atoms with Crippen LogP contribution in [0.4, 0.5) is 4.79 Å². The molecule has 0 N–H and O–H groups in total. The summed E-state index contributed by atoms with van der Waals surface area (Å²) >= 11 is 0. The smallest absolute Gasteiger partial charge is 0.415 e. The van der Waals surface area contributed by atoms with Gasteiger partial charge in [0.2, 0.25) is 5.75 Å². The van der Waals surface area contributed by atoms with E-state index in [-0.39, 0.29) is 0 Å². The number of ether oxygens (including phenoxy) is 3. The predicted octanol–water partition coefficient (Wildman–Crippen LogP) is 2.54. The zero-order chi connectivity index (χ0) is 13.5. The van der Waals surface area contributed by atoms with Gasteiger partial charge in [-0.3, -0.25) is 0 Å². The number of rotatable bonds is 5. The van der Waals surface area contributed by atoms with Crippen molar-refractivity contribution in [1.82, 2.24) is 4.90 Å². The van der Waals surface area contributed by atoms with E-state index in [1.807, 2.05) is 13.8 Å². The van der Waals surface area contributed by atoms with Gasteiger partial charge in [-0.15, -0.1) is 0 Å². The minimum atomic E-state index is -0.397. The van der Waals surface area contributed by atoms with Crippen LogP contribution in [0.2, 0.25) is 0 Å². The Kier molecular flexibility index (Phi) is 5.30. The first-order chi connectivity index (χ1) is 8.67. The van der Waals surface area contributed by atoms with Gasteiger partial charge < -0.3 is 19.1 Å². The van der Waals surface area contributed by atoms with Crippen molar-refractivity contribution < 1.29 is 19.0 Å². The van der Waals surface area contributed by atoms with E-state index in [9.17, 15) is 4.79 Å². The highest BCUT2D eigenvalue weighted by molar-refractivity contribution is 5.72. The molecule has 0 aromatic heterocycles. The number of para-hydroxylation sites is 1. The monoisotopic (exact) mass is 253 g/mol. The molecule has 0 fully saturated rings. The van der Waals surface area contributed by atoms with Crippen molar-refractivity contribution >= 4 is 6.09 Å². The molecule has 1 amide bonds. The summed E-state index contributed by atoms with van der Waals surface area (Å²) in [7, 11) is 3.04. The summed E-state index contributed by atoms with van der Waals surface area (Å²) in [6.07, 6.45) is -0.397. The number of nitrogens with zero attached hydrogens (tertiary/aromatic N) is 1. The lowest BCUT2D eigenvalue weighted by molar-refractivity contribution is 0.155. The molecule has 0 saturated carbocycles. The standard InChI is InChI=1S/C13H19NO4/c1-5-14(6-2)13(15)18-11-9-7-8-10(16-3)12(11)17-4/h7-9H,5-6H2,1-4H3. The highest BCUT2D eigenvalue weighted by Gasteiger charge is 2.17. The summed E-state index contributed by atoms with van der Waals surface area (Å²) in [5, 5.41) is 0. The lowest BCUT2D eigenvalue weighted by Crippen LogP contribution is -2.33. The number of benzene rings is 1. The number of amides is 1. The van der Waals surface area contributed by atoms with Crippen LogP contribution in [0.1, 0.15) is 13.8 Å². The molecule has 0 radical (unpaired) electrons. The minimum absolute atomic E-state index is 0.355.